The summed E-state index contributed by atoms with van der Waals surface area (Å²) >= 11 is 0. The lowest BCUT2D eigenvalue weighted by Crippen LogP contribution is -2.62. The monoisotopic (exact) mass is 425 g/mol. The smallest absolute Gasteiger partial charge is 0.414 e. The number of carboxylic acids is 2. The lowest BCUT2D eigenvalue weighted by atomic mass is 9.62. The number of phenolic OH excluding ortho intramolecular Hbond substituents is 1. The molecule has 31 heavy (non-hydrogen) atoms. The van der Waals surface area contributed by atoms with Crippen LogP contribution in [-0.4, -0.2) is 57.4 Å². The molecule has 3 N–H and O–H groups in total. The number of piperidine rings is 1. The maximum absolute atomic E-state index is 10.3. The van der Waals surface area contributed by atoms with E-state index in [0.717, 1.165) is 31.7 Å². The Morgan fingerprint density at radius 2 is 1.77 bits per heavy atom. The molecular formula is C24H27NO6. The van der Waals surface area contributed by atoms with Crippen molar-refractivity contribution >= 4 is 11.9 Å². The number of ether oxygens (including phenoxy) is 1. The van der Waals surface area contributed by atoms with Crippen molar-refractivity contribution in [2.24, 2.45) is 0 Å². The van der Waals surface area contributed by atoms with Gasteiger partial charge in [-0.2, -0.15) is 0 Å². The highest BCUT2D eigenvalue weighted by molar-refractivity contribution is 6.27. The number of phenols is 1. The van der Waals surface area contributed by atoms with Crippen LogP contribution in [-0.2, 0) is 21.4 Å². The van der Waals surface area contributed by atoms with E-state index >= 15 is 0 Å². The summed E-state index contributed by atoms with van der Waals surface area (Å²) < 4.78 is 6.39. The molecule has 0 radical (unpaired) electrons. The molecule has 1 saturated heterocycles. The summed E-state index contributed by atoms with van der Waals surface area (Å²) in [6, 6.07) is 17.1. The highest BCUT2D eigenvalue weighted by Gasteiger charge is 2.58. The van der Waals surface area contributed by atoms with Crippen LogP contribution in [0.5, 0.6) is 11.5 Å². The minimum absolute atomic E-state index is 0.125. The summed E-state index contributed by atoms with van der Waals surface area (Å²) in [5.41, 5.74) is 2.79. The molecule has 2 heterocycles. The lowest BCUT2D eigenvalue weighted by molar-refractivity contribution is -0.159. The Morgan fingerprint density at radius 1 is 1.03 bits per heavy atom. The molecule has 7 nitrogen and oxygen atoms in total. The van der Waals surface area contributed by atoms with E-state index in [0.29, 0.717) is 11.8 Å². The molecule has 5 rings (SSSR count). The molecule has 2 bridgehead atoms. The van der Waals surface area contributed by atoms with E-state index < -0.39 is 11.9 Å². The number of hydrogen-bond acceptors (Lipinski definition) is 5. The maximum Gasteiger partial charge on any atom is 0.414 e. The van der Waals surface area contributed by atoms with Crippen molar-refractivity contribution in [2.45, 2.75) is 49.7 Å². The van der Waals surface area contributed by atoms with Crippen molar-refractivity contribution in [1.29, 1.82) is 0 Å². The number of aromatic hydroxyl groups is 1. The Labute approximate surface area is 180 Å². The van der Waals surface area contributed by atoms with Crippen molar-refractivity contribution in [3.05, 3.63) is 59.7 Å². The second-order valence-corrected chi connectivity index (χ2v) is 8.44. The summed E-state index contributed by atoms with van der Waals surface area (Å²) in [6.45, 7) is 2.22. The number of carboxylic acid groups (broad SMARTS) is 2. The highest BCUT2D eigenvalue weighted by atomic mass is 16.5. The average molecular weight is 425 g/mol. The van der Waals surface area contributed by atoms with Gasteiger partial charge in [-0.15, -0.1) is 0 Å². The predicted octanol–water partition coefficient (Wildman–Crippen LogP) is 3.05. The third-order valence-corrected chi connectivity index (χ3v) is 6.82. The van der Waals surface area contributed by atoms with E-state index in [9.17, 15) is 5.11 Å². The lowest BCUT2D eigenvalue weighted by Gasteiger charge is -2.52. The molecule has 1 aliphatic carbocycles. The molecule has 0 amide bonds. The number of benzene rings is 2. The third-order valence-electron chi connectivity index (χ3n) is 6.82. The van der Waals surface area contributed by atoms with E-state index in [2.05, 4.69) is 41.3 Å². The van der Waals surface area contributed by atoms with Gasteiger partial charge >= 0.3 is 11.9 Å². The van der Waals surface area contributed by atoms with Crippen molar-refractivity contribution in [3.8, 4) is 11.5 Å². The Morgan fingerprint density at radius 3 is 2.48 bits per heavy atom. The summed E-state index contributed by atoms with van der Waals surface area (Å²) in [7, 11) is 0. The van der Waals surface area contributed by atoms with Crippen LogP contribution in [0.4, 0.5) is 0 Å². The fraction of sp³-hybridized carbons (Fsp3) is 0.417. The Kier molecular flexibility index (Phi) is 5.87. The number of aliphatic carboxylic acids is 2. The standard InChI is InChI=1S/C22H25NO2.C2H2O4/c24-19-10-4-8-17-20(19)25-21-18-9-5-12-22(17,21)13-15-23(18)14-11-16-6-2-1-3-7-16;3-1(4)2(5)6/h1-4,6-8,10,18,21,24H,5,9,11-15H2;(H,3,4)(H,5,6)/t18-,21+,22-;/m1./s1. The van der Waals surface area contributed by atoms with Gasteiger partial charge in [0.15, 0.2) is 11.5 Å². The van der Waals surface area contributed by atoms with Crippen molar-refractivity contribution < 1.29 is 29.6 Å². The Balaban J connectivity index is 0.000000342. The van der Waals surface area contributed by atoms with Gasteiger partial charge in [0.1, 0.15) is 6.10 Å². The zero-order valence-electron chi connectivity index (χ0n) is 17.2. The quantitative estimate of drug-likeness (QED) is 0.649. The van der Waals surface area contributed by atoms with Gasteiger partial charge in [0.2, 0.25) is 0 Å². The van der Waals surface area contributed by atoms with Crippen LogP contribution in [0.2, 0.25) is 0 Å². The van der Waals surface area contributed by atoms with Crippen molar-refractivity contribution in [2.75, 3.05) is 13.1 Å². The molecule has 2 aromatic rings. The van der Waals surface area contributed by atoms with E-state index in [1.807, 2.05) is 6.07 Å². The normalized spacial score (nSPS) is 25.9. The van der Waals surface area contributed by atoms with Gasteiger partial charge in [0.25, 0.3) is 0 Å². The topological polar surface area (TPSA) is 107 Å². The fourth-order valence-corrected chi connectivity index (χ4v) is 5.42. The molecule has 164 valence electrons. The molecule has 2 aliphatic heterocycles. The molecule has 0 aromatic heterocycles. The van der Waals surface area contributed by atoms with Crippen LogP contribution in [0.1, 0.15) is 36.8 Å². The molecule has 0 unspecified atom stereocenters. The summed E-state index contributed by atoms with van der Waals surface area (Å²) in [4.78, 5) is 20.8. The van der Waals surface area contributed by atoms with Gasteiger partial charge in [-0.05, 0) is 43.9 Å². The van der Waals surface area contributed by atoms with Crippen LogP contribution in [0, 0.1) is 0 Å². The first-order valence-corrected chi connectivity index (χ1v) is 10.7. The third kappa shape index (κ3) is 3.97. The van der Waals surface area contributed by atoms with E-state index in [4.69, 9.17) is 24.5 Å². The number of para-hydroxylation sites is 1. The molecule has 2 aromatic carbocycles. The summed E-state index contributed by atoms with van der Waals surface area (Å²) in [6.07, 6.45) is 6.08. The molecule has 1 saturated carbocycles. The van der Waals surface area contributed by atoms with Crippen molar-refractivity contribution in [1.82, 2.24) is 4.90 Å². The number of likely N-dealkylation sites (tertiary alicyclic amines) is 1. The van der Waals surface area contributed by atoms with Crippen LogP contribution in [0.25, 0.3) is 0 Å². The first kappa shape index (κ1) is 21.2. The predicted molar refractivity (Wildman–Crippen MR) is 113 cm³/mol. The Bertz CT molecular complexity index is 950. The largest absolute Gasteiger partial charge is 0.504 e. The number of carbonyl (C=O) groups is 2. The van der Waals surface area contributed by atoms with E-state index in [-0.39, 0.29) is 11.5 Å². The number of fused-ring (bicyclic) bond motifs is 1. The van der Waals surface area contributed by atoms with E-state index in [1.165, 1.54) is 30.4 Å². The average Bonchev–Trinajstić information content (AvgIpc) is 3.12. The number of rotatable bonds is 3. The minimum atomic E-state index is -1.82. The molecule has 3 aliphatic rings. The molecule has 7 heteroatoms. The van der Waals surface area contributed by atoms with Crippen LogP contribution >= 0.6 is 0 Å². The van der Waals surface area contributed by atoms with Gasteiger partial charge in [0, 0.05) is 23.6 Å². The van der Waals surface area contributed by atoms with Gasteiger partial charge in [-0.1, -0.05) is 48.9 Å². The second-order valence-electron chi connectivity index (χ2n) is 8.44. The van der Waals surface area contributed by atoms with E-state index in [1.54, 1.807) is 6.07 Å². The second kappa shape index (κ2) is 8.59. The van der Waals surface area contributed by atoms with Gasteiger partial charge in [-0.25, -0.2) is 9.59 Å². The van der Waals surface area contributed by atoms with Crippen LogP contribution < -0.4 is 4.74 Å². The van der Waals surface area contributed by atoms with Crippen LogP contribution in [0.15, 0.2) is 48.5 Å². The molecule has 0 spiro atoms. The first-order valence-electron chi connectivity index (χ1n) is 10.7. The van der Waals surface area contributed by atoms with Crippen molar-refractivity contribution in [3.63, 3.8) is 0 Å². The number of hydrogen-bond donors (Lipinski definition) is 3. The molecule has 3 atom stereocenters. The van der Waals surface area contributed by atoms with Crippen LogP contribution in [0.3, 0.4) is 0 Å². The Hall–Kier alpha value is -3.06. The maximum atomic E-state index is 10.3. The molecular weight excluding hydrogens is 398 g/mol. The first-order chi connectivity index (χ1) is 14.9. The molecule has 2 fully saturated rings. The zero-order chi connectivity index (χ0) is 22.0. The summed E-state index contributed by atoms with van der Waals surface area (Å²) in [5, 5.41) is 25.1. The highest BCUT2D eigenvalue weighted by Crippen LogP contribution is 2.57. The fourth-order valence-electron chi connectivity index (χ4n) is 5.42. The number of nitrogens with zero attached hydrogens (tertiary/aromatic N) is 1. The van der Waals surface area contributed by atoms with Gasteiger partial charge in [0.05, 0.1) is 0 Å². The SMILES string of the molecule is O=C(O)C(=O)O.Oc1cccc2c1O[C@H]1[C@H]3CCC[C@@]21CCN3CCc1ccccc1. The summed E-state index contributed by atoms with van der Waals surface area (Å²) in [5.74, 6) is -2.59. The van der Waals surface area contributed by atoms with Gasteiger partial charge in [-0.3, -0.25) is 4.90 Å². The minimum Gasteiger partial charge on any atom is -0.504 e. The zero-order valence-corrected chi connectivity index (χ0v) is 17.2. The van der Waals surface area contributed by atoms with Gasteiger partial charge < -0.3 is 20.1 Å².